The number of benzene rings is 1. The topological polar surface area (TPSA) is 89.7 Å². The average molecular weight is 277 g/mol. The van der Waals surface area contributed by atoms with Gasteiger partial charge in [-0.3, -0.25) is 14.9 Å². The van der Waals surface area contributed by atoms with Gasteiger partial charge < -0.3 is 9.84 Å². The molecule has 106 valence electrons. The maximum Gasteiger partial charge on any atom is 0.312 e. The van der Waals surface area contributed by atoms with Crippen molar-refractivity contribution in [3.05, 3.63) is 39.9 Å². The van der Waals surface area contributed by atoms with Crippen molar-refractivity contribution in [3.63, 3.8) is 0 Å². The van der Waals surface area contributed by atoms with Crippen LogP contribution in [0.2, 0.25) is 0 Å². The number of carbonyl (C=O) groups is 1. The van der Waals surface area contributed by atoms with Gasteiger partial charge in [0.2, 0.25) is 0 Å². The van der Waals surface area contributed by atoms with E-state index in [1.165, 1.54) is 12.1 Å². The number of ether oxygens (including phenoxy) is 1. The number of fused-ring (bicyclic) bond motifs is 2. The molecule has 1 aromatic rings. The molecule has 6 nitrogen and oxygen atoms in total. The third kappa shape index (κ3) is 1.96. The van der Waals surface area contributed by atoms with Gasteiger partial charge in [0.1, 0.15) is 5.41 Å². The van der Waals surface area contributed by atoms with Crippen LogP contribution in [0.3, 0.4) is 0 Å². The number of nitro groups is 1. The summed E-state index contributed by atoms with van der Waals surface area (Å²) < 4.78 is 5.68. The first kappa shape index (κ1) is 13.1. The molecule has 0 aliphatic carbocycles. The lowest BCUT2D eigenvalue weighted by atomic mass is 9.70. The van der Waals surface area contributed by atoms with Crippen molar-refractivity contribution in [1.82, 2.24) is 0 Å². The summed E-state index contributed by atoms with van der Waals surface area (Å²) in [4.78, 5) is 22.1. The second-order valence-corrected chi connectivity index (χ2v) is 5.59. The zero-order valence-corrected chi connectivity index (χ0v) is 10.8. The van der Waals surface area contributed by atoms with Crippen LogP contribution in [0.1, 0.15) is 24.8 Å². The summed E-state index contributed by atoms with van der Waals surface area (Å²) in [5.74, 6) is -0.865. The third-order valence-electron chi connectivity index (χ3n) is 4.38. The summed E-state index contributed by atoms with van der Waals surface area (Å²) in [5, 5.41) is 20.4. The molecule has 0 aromatic heterocycles. The number of non-ortho nitro benzene ring substituents is 1. The van der Waals surface area contributed by atoms with Crippen LogP contribution >= 0.6 is 0 Å². The van der Waals surface area contributed by atoms with Crippen molar-refractivity contribution in [2.24, 2.45) is 5.41 Å². The number of aliphatic carboxylic acids is 1. The summed E-state index contributed by atoms with van der Waals surface area (Å²) >= 11 is 0. The second kappa shape index (κ2) is 4.56. The first-order valence-corrected chi connectivity index (χ1v) is 6.63. The number of nitro benzene ring substituents is 1. The summed E-state index contributed by atoms with van der Waals surface area (Å²) in [6.45, 7) is 0. The van der Waals surface area contributed by atoms with Gasteiger partial charge in [0.25, 0.3) is 5.69 Å². The van der Waals surface area contributed by atoms with E-state index in [1.54, 1.807) is 12.1 Å². The van der Waals surface area contributed by atoms with E-state index < -0.39 is 16.3 Å². The molecule has 2 aliphatic heterocycles. The standard InChI is InChI=1S/C14H15NO5/c16-13(17)14(8-11-4-5-12(14)20-11)7-9-2-1-3-10(6-9)15(18)19/h1-3,6,11-12H,4-5,7-8H2,(H,16,17). The molecule has 2 saturated heterocycles. The van der Waals surface area contributed by atoms with Crippen molar-refractivity contribution in [1.29, 1.82) is 0 Å². The predicted octanol–water partition coefficient (Wildman–Crippen LogP) is 2.16. The van der Waals surface area contributed by atoms with Crippen LogP contribution in [-0.2, 0) is 16.0 Å². The quantitative estimate of drug-likeness (QED) is 0.672. The predicted molar refractivity (Wildman–Crippen MR) is 69.4 cm³/mol. The minimum atomic E-state index is -0.932. The van der Waals surface area contributed by atoms with Gasteiger partial charge in [0, 0.05) is 12.1 Å². The fraction of sp³-hybridized carbons (Fsp3) is 0.500. The number of rotatable bonds is 4. The van der Waals surface area contributed by atoms with E-state index >= 15 is 0 Å². The first-order chi connectivity index (χ1) is 9.51. The van der Waals surface area contributed by atoms with Gasteiger partial charge >= 0.3 is 5.97 Å². The van der Waals surface area contributed by atoms with Crippen molar-refractivity contribution >= 4 is 11.7 Å². The summed E-state index contributed by atoms with van der Waals surface area (Å²) in [5.41, 5.74) is -0.261. The van der Waals surface area contributed by atoms with Crippen LogP contribution in [0.5, 0.6) is 0 Å². The Hall–Kier alpha value is -1.95. The van der Waals surface area contributed by atoms with Gasteiger partial charge in [-0.1, -0.05) is 12.1 Å². The Balaban J connectivity index is 1.90. The minimum absolute atomic E-state index is 0.00730. The third-order valence-corrected chi connectivity index (χ3v) is 4.38. The Morgan fingerprint density at radius 2 is 2.30 bits per heavy atom. The highest BCUT2D eigenvalue weighted by molar-refractivity contribution is 5.77. The molecule has 3 unspecified atom stereocenters. The fourth-order valence-corrected chi connectivity index (χ4v) is 3.43. The molecule has 0 amide bonds. The molecular weight excluding hydrogens is 262 g/mol. The fourth-order valence-electron chi connectivity index (χ4n) is 3.43. The first-order valence-electron chi connectivity index (χ1n) is 6.63. The number of hydrogen-bond acceptors (Lipinski definition) is 4. The molecule has 2 aliphatic rings. The number of carboxylic acid groups (broad SMARTS) is 1. The lowest BCUT2D eigenvalue weighted by Crippen LogP contribution is -2.42. The number of nitrogens with zero attached hydrogens (tertiary/aromatic N) is 1. The average Bonchev–Trinajstić information content (AvgIpc) is 3.00. The molecule has 2 bridgehead atoms. The monoisotopic (exact) mass is 277 g/mol. The lowest BCUT2D eigenvalue weighted by molar-refractivity contribution is -0.384. The van der Waals surface area contributed by atoms with Gasteiger partial charge in [-0.2, -0.15) is 0 Å². The molecule has 20 heavy (non-hydrogen) atoms. The van der Waals surface area contributed by atoms with Gasteiger partial charge in [-0.05, 0) is 31.2 Å². The van der Waals surface area contributed by atoms with Crippen LogP contribution < -0.4 is 0 Å². The molecule has 0 radical (unpaired) electrons. The van der Waals surface area contributed by atoms with Crippen LogP contribution in [0.4, 0.5) is 5.69 Å². The Morgan fingerprint density at radius 1 is 1.50 bits per heavy atom. The molecule has 2 heterocycles. The molecule has 0 saturated carbocycles. The molecule has 0 spiro atoms. The van der Waals surface area contributed by atoms with E-state index in [0.29, 0.717) is 12.0 Å². The van der Waals surface area contributed by atoms with E-state index in [-0.39, 0.29) is 24.3 Å². The van der Waals surface area contributed by atoms with E-state index in [9.17, 15) is 20.0 Å². The molecule has 2 fully saturated rings. The molecule has 3 atom stereocenters. The zero-order chi connectivity index (χ0) is 14.3. The van der Waals surface area contributed by atoms with Crippen molar-refractivity contribution in [3.8, 4) is 0 Å². The second-order valence-electron chi connectivity index (χ2n) is 5.59. The highest BCUT2D eigenvalue weighted by Crippen LogP contribution is 2.49. The Labute approximate surface area is 115 Å². The highest BCUT2D eigenvalue weighted by atomic mass is 16.6. The Kier molecular flexibility index (Phi) is 2.97. The molecule has 1 N–H and O–H groups in total. The van der Waals surface area contributed by atoms with E-state index in [2.05, 4.69) is 0 Å². The molecule has 1 aromatic carbocycles. The minimum Gasteiger partial charge on any atom is -0.481 e. The van der Waals surface area contributed by atoms with Gasteiger partial charge in [0.05, 0.1) is 17.1 Å². The molecule has 6 heteroatoms. The molecule has 3 rings (SSSR count). The van der Waals surface area contributed by atoms with E-state index in [4.69, 9.17) is 4.74 Å². The van der Waals surface area contributed by atoms with Gasteiger partial charge in [0.15, 0.2) is 0 Å². The summed E-state index contributed by atoms with van der Waals surface area (Å²) in [6.07, 6.45) is 2.19. The SMILES string of the molecule is O=C(O)C1(Cc2cccc([N+](=O)[O-])c2)CC2CCC1O2. The van der Waals surface area contributed by atoms with Crippen molar-refractivity contribution in [2.75, 3.05) is 0 Å². The van der Waals surface area contributed by atoms with Crippen molar-refractivity contribution in [2.45, 2.75) is 37.9 Å². The normalized spacial score (nSPS) is 31.4. The van der Waals surface area contributed by atoms with Crippen molar-refractivity contribution < 1.29 is 19.6 Å². The lowest BCUT2D eigenvalue weighted by Gasteiger charge is -2.30. The smallest absolute Gasteiger partial charge is 0.312 e. The number of carboxylic acids is 1. The van der Waals surface area contributed by atoms with Crippen LogP contribution in [-0.4, -0.2) is 28.2 Å². The Morgan fingerprint density at radius 3 is 2.85 bits per heavy atom. The Bertz CT molecular complexity index is 572. The highest BCUT2D eigenvalue weighted by Gasteiger charge is 2.57. The van der Waals surface area contributed by atoms with Crippen LogP contribution in [0, 0.1) is 15.5 Å². The largest absolute Gasteiger partial charge is 0.481 e. The maximum absolute atomic E-state index is 11.7. The maximum atomic E-state index is 11.7. The zero-order valence-electron chi connectivity index (χ0n) is 10.8. The summed E-state index contributed by atoms with van der Waals surface area (Å²) in [7, 11) is 0. The van der Waals surface area contributed by atoms with Gasteiger partial charge in [-0.25, -0.2) is 0 Å². The summed E-state index contributed by atoms with van der Waals surface area (Å²) in [6, 6.07) is 6.20. The van der Waals surface area contributed by atoms with Crippen LogP contribution in [0.25, 0.3) is 0 Å². The van der Waals surface area contributed by atoms with Crippen LogP contribution in [0.15, 0.2) is 24.3 Å². The van der Waals surface area contributed by atoms with E-state index in [1.807, 2.05) is 0 Å². The number of hydrogen-bond donors (Lipinski definition) is 1. The van der Waals surface area contributed by atoms with Gasteiger partial charge in [-0.15, -0.1) is 0 Å². The van der Waals surface area contributed by atoms with E-state index in [0.717, 1.165) is 12.8 Å². The molecular formula is C14H15NO5.